The van der Waals surface area contributed by atoms with Crippen LogP contribution in [0.4, 0.5) is 10.2 Å². The molecule has 100 valence electrons. The molecule has 1 unspecified atom stereocenters. The minimum atomic E-state index is -0.262. The smallest absolute Gasteiger partial charge is 0.133 e. The Kier molecular flexibility index (Phi) is 2.45. The van der Waals surface area contributed by atoms with Crippen LogP contribution in [-0.4, -0.2) is 21.3 Å². The summed E-state index contributed by atoms with van der Waals surface area (Å²) in [6, 6.07) is 10.7. The molecule has 0 spiro atoms. The normalized spacial score (nSPS) is 17.8. The highest BCUT2D eigenvalue weighted by atomic mass is 19.1. The van der Waals surface area contributed by atoms with Gasteiger partial charge in [-0.05, 0) is 30.7 Å². The molecule has 0 saturated carbocycles. The zero-order valence-corrected chi connectivity index (χ0v) is 10.8. The van der Waals surface area contributed by atoms with E-state index in [9.17, 15) is 4.39 Å². The van der Waals surface area contributed by atoms with Crippen molar-refractivity contribution in [3.63, 3.8) is 0 Å². The Morgan fingerprint density at radius 2 is 2.20 bits per heavy atom. The van der Waals surface area contributed by atoms with Gasteiger partial charge in [-0.25, -0.2) is 9.07 Å². The molecule has 0 bridgehead atoms. The van der Waals surface area contributed by atoms with Crippen LogP contribution in [0.25, 0.3) is 10.9 Å². The van der Waals surface area contributed by atoms with Crippen LogP contribution in [0.15, 0.2) is 42.6 Å². The molecule has 1 aliphatic rings. The Morgan fingerprint density at radius 1 is 1.25 bits per heavy atom. The number of nitrogens with one attached hydrogen (secondary N) is 1. The molecule has 0 amide bonds. The highest BCUT2D eigenvalue weighted by molar-refractivity contribution is 5.90. The van der Waals surface area contributed by atoms with Crippen molar-refractivity contribution in [2.24, 2.45) is 0 Å². The minimum absolute atomic E-state index is 0.0999. The van der Waals surface area contributed by atoms with Crippen molar-refractivity contribution in [1.29, 1.82) is 0 Å². The Labute approximate surface area is 115 Å². The molecule has 2 aromatic heterocycles. The standard InChI is InChI=1S/C15H13FN4/c16-10-4-5-11-13(9-10)19-20-14(6-8-18-15(11)20)12-3-1-2-7-17-12/h1-5,7,9,14,18H,6,8H2. The van der Waals surface area contributed by atoms with Gasteiger partial charge in [0.2, 0.25) is 0 Å². The molecule has 4 rings (SSSR count). The van der Waals surface area contributed by atoms with E-state index in [2.05, 4.69) is 15.4 Å². The molecule has 0 fully saturated rings. The lowest BCUT2D eigenvalue weighted by Crippen LogP contribution is -2.24. The molecule has 5 heteroatoms. The molecule has 20 heavy (non-hydrogen) atoms. The van der Waals surface area contributed by atoms with Gasteiger partial charge in [0, 0.05) is 24.2 Å². The van der Waals surface area contributed by atoms with E-state index in [-0.39, 0.29) is 11.9 Å². The van der Waals surface area contributed by atoms with Crippen LogP contribution in [0.1, 0.15) is 18.2 Å². The van der Waals surface area contributed by atoms with Crippen LogP contribution < -0.4 is 5.32 Å². The van der Waals surface area contributed by atoms with Crippen LogP contribution in [0, 0.1) is 5.82 Å². The fraction of sp³-hybridized carbons (Fsp3) is 0.200. The van der Waals surface area contributed by atoms with Gasteiger partial charge < -0.3 is 5.32 Å². The zero-order valence-electron chi connectivity index (χ0n) is 10.8. The summed E-state index contributed by atoms with van der Waals surface area (Å²) >= 11 is 0. The highest BCUT2D eigenvalue weighted by Crippen LogP contribution is 2.33. The van der Waals surface area contributed by atoms with Gasteiger partial charge in [-0.2, -0.15) is 5.10 Å². The van der Waals surface area contributed by atoms with Crippen molar-refractivity contribution in [1.82, 2.24) is 14.8 Å². The number of hydrogen-bond acceptors (Lipinski definition) is 3. The van der Waals surface area contributed by atoms with E-state index in [0.717, 1.165) is 29.9 Å². The van der Waals surface area contributed by atoms with E-state index in [4.69, 9.17) is 0 Å². The first-order valence-electron chi connectivity index (χ1n) is 6.65. The van der Waals surface area contributed by atoms with Gasteiger partial charge in [0.15, 0.2) is 0 Å². The summed E-state index contributed by atoms with van der Waals surface area (Å²) in [4.78, 5) is 4.43. The van der Waals surface area contributed by atoms with Crippen LogP contribution >= 0.6 is 0 Å². The van der Waals surface area contributed by atoms with Gasteiger partial charge in [0.25, 0.3) is 0 Å². The van der Waals surface area contributed by atoms with Gasteiger partial charge in [-0.15, -0.1) is 0 Å². The third-order valence-electron chi connectivity index (χ3n) is 3.69. The van der Waals surface area contributed by atoms with Crippen LogP contribution in [0.3, 0.4) is 0 Å². The van der Waals surface area contributed by atoms with E-state index >= 15 is 0 Å². The second-order valence-corrected chi connectivity index (χ2v) is 4.94. The maximum atomic E-state index is 13.3. The maximum Gasteiger partial charge on any atom is 0.133 e. The van der Waals surface area contributed by atoms with Crippen molar-refractivity contribution >= 4 is 16.7 Å². The lowest BCUT2D eigenvalue weighted by Gasteiger charge is -2.25. The molecule has 3 aromatic rings. The molecule has 4 nitrogen and oxygen atoms in total. The number of anilines is 1. The third kappa shape index (κ3) is 1.66. The Hall–Kier alpha value is -2.43. The Morgan fingerprint density at radius 3 is 3.05 bits per heavy atom. The molecular formula is C15H13FN4. The number of pyridine rings is 1. The minimum Gasteiger partial charge on any atom is -0.370 e. The Bertz CT molecular complexity index is 766. The number of aromatic nitrogens is 3. The molecule has 0 saturated heterocycles. The predicted molar refractivity (Wildman–Crippen MR) is 75.2 cm³/mol. The number of halogens is 1. The van der Waals surface area contributed by atoms with Crippen molar-refractivity contribution in [2.75, 3.05) is 11.9 Å². The largest absolute Gasteiger partial charge is 0.370 e. The second kappa shape index (κ2) is 4.30. The summed E-state index contributed by atoms with van der Waals surface area (Å²) < 4.78 is 15.3. The number of hydrogen-bond donors (Lipinski definition) is 1. The molecule has 1 N–H and O–H groups in total. The summed E-state index contributed by atoms with van der Waals surface area (Å²) in [5, 5.41) is 8.85. The molecule has 1 aliphatic heterocycles. The number of nitrogens with zero attached hydrogens (tertiary/aromatic N) is 3. The summed E-state index contributed by atoms with van der Waals surface area (Å²) in [5.41, 5.74) is 1.67. The van der Waals surface area contributed by atoms with Gasteiger partial charge in [0.1, 0.15) is 11.6 Å². The molecule has 1 atom stereocenters. The maximum absolute atomic E-state index is 13.3. The summed E-state index contributed by atoms with van der Waals surface area (Å²) in [7, 11) is 0. The number of fused-ring (bicyclic) bond motifs is 3. The summed E-state index contributed by atoms with van der Waals surface area (Å²) in [5.74, 6) is 0.684. The topological polar surface area (TPSA) is 42.7 Å². The van der Waals surface area contributed by atoms with Crippen molar-refractivity contribution in [2.45, 2.75) is 12.5 Å². The molecule has 0 aliphatic carbocycles. The predicted octanol–water partition coefficient (Wildman–Crippen LogP) is 2.98. The lowest BCUT2D eigenvalue weighted by molar-refractivity contribution is 0.475. The highest BCUT2D eigenvalue weighted by Gasteiger charge is 2.25. The molecule has 3 heterocycles. The van der Waals surface area contributed by atoms with E-state index in [1.54, 1.807) is 12.3 Å². The van der Waals surface area contributed by atoms with Crippen LogP contribution in [0.5, 0.6) is 0 Å². The van der Waals surface area contributed by atoms with Gasteiger partial charge in [-0.3, -0.25) is 4.98 Å². The number of benzene rings is 1. The van der Waals surface area contributed by atoms with E-state index in [1.807, 2.05) is 22.9 Å². The van der Waals surface area contributed by atoms with Crippen LogP contribution in [-0.2, 0) is 0 Å². The van der Waals surface area contributed by atoms with Crippen molar-refractivity contribution < 1.29 is 4.39 Å². The summed E-state index contributed by atoms with van der Waals surface area (Å²) in [6.07, 6.45) is 2.71. The average molecular weight is 268 g/mol. The molecular weight excluding hydrogens is 255 g/mol. The average Bonchev–Trinajstić information content (AvgIpc) is 2.85. The lowest BCUT2D eigenvalue weighted by atomic mass is 10.1. The van der Waals surface area contributed by atoms with Gasteiger partial charge in [-0.1, -0.05) is 6.07 Å². The molecule has 1 aromatic carbocycles. The van der Waals surface area contributed by atoms with E-state index in [0.29, 0.717) is 5.52 Å². The zero-order chi connectivity index (χ0) is 13.5. The monoisotopic (exact) mass is 268 g/mol. The quantitative estimate of drug-likeness (QED) is 0.737. The van der Waals surface area contributed by atoms with E-state index < -0.39 is 0 Å². The SMILES string of the molecule is Fc1ccc2c3n(nc2c1)C(c1ccccn1)CCN3. The van der Waals surface area contributed by atoms with E-state index in [1.165, 1.54) is 12.1 Å². The second-order valence-electron chi connectivity index (χ2n) is 4.94. The van der Waals surface area contributed by atoms with Crippen LogP contribution in [0.2, 0.25) is 0 Å². The molecule has 0 radical (unpaired) electrons. The number of rotatable bonds is 1. The Balaban J connectivity index is 1.91. The summed E-state index contributed by atoms with van der Waals surface area (Å²) in [6.45, 7) is 0.861. The van der Waals surface area contributed by atoms with Crippen molar-refractivity contribution in [3.05, 3.63) is 54.1 Å². The van der Waals surface area contributed by atoms with Gasteiger partial charge in [0.05, 0.1) is 17.3 Å². The first kappa shape index (κ1) is 11.4. The first-order chi connectivity index (χ1) is 9.83. The van der Waals surface area contributed by atoms with Gasteiger partial charge >= 0.3 is 0 Å². The first-order valence-corrected chi connectivity index (χ1v) is 6.65. The van der Waals surface area contributed by atoms with Crippen molar-refractivity contribution in [3.8, 4) is 0 Å². The third-order valence-corrected chi connectivity index (χ3v) is 3.69. The fourth-order valence-corrected chi connectivity index (χ4v) is 2.77. The fourth-order valence-electron chi connectivity index (χ4n) is 2.77.